The monoisotopic (exact) mass is 256 g/mol. The van der Waals surface area contributed by atoms with Gasteiger partial charge < -0.3 is 10.1 Å². The lowest BCUT2D eigenvalue weighted by Gasteiger charge is -2.47. The van der Waals surface area contributed by atoms with Crippen molar-refractivity contribution in [3.63, 3.8) is 0 Å². The molecule has 1 rings (SSSR count). The van der Waals surface area contributed by atoms with E-state index >= 15 is 0 Å². The fraction of sp³-hybridized carbons (Fsp3) is 1.00. The van der Waals surface area contributed by atoms with E-state index in [-0.39, 0.29) is 5.54 Å². The van der Waals surface area contributed by atoms with Gasteiger partial charge >= 0.3 is 0 Å². The van der Waals surface area contributed by atoms with Gasteiger partial charge in [0.15, 0.2) is 0 Å². The molecule has 0 spiro atoms. The first kappa shape index (κ1) is 15.9. The van der Waals surface area contributed by atoms with E-state index in [1.165, 1.54) is 6.42 Å². The summed E-state index contributed by atoms with van der Waals surface area (Å²) in [6, 6.07) is 0.631. The second-order valence-electron chi connectivity index (χ2n) is 6.96. The summed E-state index contributed by atoms with van der Waals surface area (Å²) >= 11 is 0. The molecular formula is C15H32N2O. The molecule has 0 aromatic rings. The standard InChI is InChI=1S/C15H32N2O/c1-7-15(5)12-17(13(2)10-16-15)11-14(3,4)8-9-18-6/h13,16H,7-12H2,1-6H3. The van der Waals surface area contributed by atoms with Gasteiger partial charge in [-0.05, 0) is 32.1 Å². The van der Waals surface area contributed by atoms with E-state index in [1.807, 2.05) is 0 Å². The molecule has 3 nitrogen and oxygen atoms in total. The molecule has 1 saturated heterocycles. The molecule has 3 heteroatoms. The Balaban J connectivity index is 2.58. The minimum atomic E-state index is 0.282. The molecule has 0 amide bonds. The van der Waals surface area contributed by atoms with E-state index in [4.69, 9.17) is 4.74 Å². The minimum absolute atomic E-state index is 0.282. The second-order valence-corrected chi connectivity index (χ2v) is 6.96. The Morgan fingerprint density at radius 2 is 2.11 bits per heavy atom. The van der Waals surface area contributed by atoms with Crippen molar-refractivity contribution in [3.05, 3.63) is 0 Å². The van der Waals surface area contributed by atoms with Crippen molar-refractivity contribution in [3.8, 4) is 0 Å². The SMILES string of the molecule is CCC1(C)CN(CC(C)(C)CCOC)C(C)CN1. The first-order chi connectivity index (χ1) is 8.32. The van der Waals surface area contributed by atoms with Crippen LogP contribution in [0, 0.1) is 5.41 Å². The lowest BCUT2D eigenvalue weighted by Crippen LogP contribution is -2.63. The van der Waals surface area contributed by atoms with Crippen molar-refractivity contribution in [2.75, 3.05) is 33.4 Å². The zero-order valence-corrected chi connectivity index (χ0v) is 13.2. The Labute approximate surface area is 113 Å². The average Bonchev–Trinajstić information content (AvgIpc) is 2.31. The molecule has 0 aromatic carbocycles. The van der Waals surface area contributed by atoms with E-state index in [0.29, 0.717) is 11.5 Å². The highest BCUT2D eigenvalue weighted by Gasteiger charge is 2.34. The van der Waals surface area contributed by atoms with Gasteiger partial charge in [0.05, 0.1) is 0 Å². The molecule has 0 bridgehead atoms. The molecule has 1 heterocycles. The second kappa shape index (κ2) is 6.36. The third kappa shape index (κ3) is 4.52. The fourth-order valence-electron chi connectivity index (χ4n) is 2.64. The Kier molecular flexibility index (Phi) is 5.63. The van der Waals surface area contributed by atoms with Crippen molar-refractivity contribution in [2.24, 2.45) is 5.41 Å². The molecule has 108 valence electrons. The zero-order valence-electron chi connectivity index (χ0n) is 13.2. The summed E-state index contributed by atoms with van der Waals surface area (Å²) in [4.78, 5) is 2.65. The van der Waals surface area contributed by atoms with Crippen molar-refractivity contribution in [1.29, 1.82) is 0 Å². The summed E-state index contributed by atoms with van der Waals surface area (Å²) in [5, 5.41) is 3.69. The van der Waals surface area contributed by atoms with E-state index < -0.39 is 0 Å². The molecule has 2 unspecified atom stereocenters. The van der Waals surface area contributed by atoms with Crippen LogP contribution in [-0.2, 0) is 4.74 Å². The average molecular weight is 256 g/mol. The van der Waals surface area contributed by atoms with Crippen molar-refractivity contribution >= 4 is 0 Å². The largest absolute Gasteiger partial charge is 0.385 e. The van der Waals surface area contributed by atoms with E-state index in [1.54, 1.807) is 7.11 Å². The van der Waals surface area contributed by atoms with Crippen molar-refractivity contribution in [2.45, 2.75) is 59.0 Å². The van der Waals surface area contributed by atoms with Crippen LogP contribution in [0.15, 0.2) is 0 Å². The highest BCUT2D eigenvalue weighted by molar-refractivity contribution is 4.94. The van der Waals surface area contributed by atoms with Gasteiger partial charge in [-0.2, -0.15) is 0 Å². The van der Waals surface area contributed by atoms with Crippen LogP contribution < -0.4 is 5.32 Å². The van der Waals surface area contributed by atoms with E-state index in [0.717, 1.165) is 32.7 Å². The number of nitrogens with zero attached hydrogens (tertiary/aromatic N) is 1. The highest BCUT2D eigenvalue weighted by atomic mass is 16.5. The molecule has 0 aliphatic carbocycles. The zero-order chi connectivity index (χ0) is 13.8. The topological polar surface area (TPSA) is 24.5 Å². The fourth-order valence-corrected chi connectivity index (χ4v) is 2.64. The molecule has 1 N–H and O–H groups in total. The van der Waals surface area contributed by atoms with E-state index in [9.17, 15) is 0 Å². The molecule has 1 aliphatic rings. The molecule has 2 atom stereocenters. The number of hydrogen-bond donors (Lipinski definition) is 1. The van der Waals surface area contributed by atoms with Crippen LogP contribution in [0.2, 0.25) is 0 Å². The van der Waals surface area contributed by atoms with Crippen LogP contribution in [0.1, 0.15) is 47.5 Å². The van der Waals surface area contributed by atoms with Gasteiger partial charge in [-0.15, -0.1) is 0 Å². The number of piperazine rings is 1. The number of nitrogens with one attached hydrogen (secondary N) is 1. The maximum Gasteiger partial charge on any atom is 0.0467 e. The van der Waals surface area contributed by atoms with Gasteiger partial charge in [-0.1, -0.05) is 20.8 Å². The Morgan fingerprint density at radius 3 is 2.67 bits per heavy atom. The van der Waals surface area contributed by atoms with Gasteiger partial charge in [-0.3, -0.25) is 4.90 Å². The molecular weight excluding hydrogens is 224 g/mol. The third-order valence-electron chi connectivity index (χ3n) is 4.39. The Hall–Kier alpha value is -0.120. The van der Waals surface area contributed by atoms with Crippen LogP contribution in [0.5, 0.6) is 0 Å². The number of hydrogen-bond acceptors (Lipinski definition) is 3. The summed E-state index contributed by atoms with van der Waals surface area (Å²) in [6.07, 6.45) is 2.32. The quantitative estimate of drug-likeness (QED) is 0.790. The lowest BCUT2D eigenvalue weighted by molar-refractivity contribution is 0.0459. The first-order valence-electron chi connectivity index (χ1n) is 7.30. The lowest BCUT2D eigenvalue weighted by atomic mass is 9.86. The van der Waals surface area contributed by atoms with Crippen LogP contribution >= 0.6 is 0 Å². The molecule has 18 heavy (non-hydrogen) atoms. The van der Waals surface area contributed by atoms with Crippen LogP contribution in [-0.4, -0.2) is 49.8 Å². The number of rotatable bonds is 6. The maximum atomic E-state index is 5.22. The predicted octanol–water partition coefficient (Wildman–Crippen LogP) is 2.51. The summed E-state index contributed by atoms with van der Waals surface area (Å²) in [7, 11) is 1.79. The predicted molar refractivity (Wildman–Crippen MR) is 78.0 cm³/mol. The van der Waals surface area contributed by atoms with Crippen molar-refractivity contribution in [1.82, 2.24) is 10.2 Å². The molecule has 1 aliphatic heterocycles. The van der Waals surface area contributed by atoms with Gasteiger partial charge in [-0.25, -0.2) is 0 Å². The van der Waals surface area contributed by atoms with Crippen LogP contribution in [0.3, 0.4) is 0 Å². The summed E-state index contributed by atoms with van der Waals surface area (Å²) < 4.78 is 5.22. The smallest absolute Gasteiger partial charge is 0.0467 e. The minimum Gasteiger partial charge on any atom is -0.385 e. The summed E-state index contributed by atoms with van der Waals surface area (Å²) in [5.74, 6) is 0. The maximum absolute atomic E-state index is 5.22. The van der Waals surface area contributed by atoms with E-state index in [2.05, 4.69) is 44.8 Å². The summed E-state index contributed by atoms with van der Waals surface area (Å²) in [5.41, 5.74) is 0.611. The molecule has 0 saturated carbocycles. The van der Waals surface area contributed by atoms with Gasteiger partial charge in [0.25, 0.3) is 0 Å². The first-order valence-corrected chi connectivity index (χ1v) is 7.30. The van der Waals surface area contributed by atoms with Gasteiger partial charge in [0.2, 0.25) is 0 Å². The van der Waals surface area contributed by atoms with Crippen molar-refractivity contribution < 1.29 is 4.74 Å². The molecule has 0 aromatic heterocycles. The Morgan fingerprint density at radius 1 is 1.44 bits per heavy atom. The Bertz CT molecular complexity index is 255. The van der Waals surface area contributed by atoms with Crippen LogP contribution in [0.25, 0.3) is 0 Å². The molecule has 0 radical (unpaired) electrons. The van der Waals surface area contributed by atoms with Gasteiger partial charge in [0, 0.05) is 44.9 Å². The third-order valence-corrected chi connectivity index (χ3v) is 4.39. The normalized spacial score (nSPS) is 30.7. The summed E-state index contributed by atoms with van der Waals surface area (Å²) in [6.45, 7) is 15.9. The number of methoxy groups -OCH3 is 1. The van der Waals surface area contributed by atoms with Gasteiger partial charge in [0.1, 0.15) is 0 Å². The molecule has 1 fully saturated rings. The van der Waals surface area contributed by atoms with Crippen LogP contribution in [0.4, 0.5) is 0 Å². The number of ether oxygens (including phenoxy) is 1. The highest BCUT2D eigenvalue weighted by Crippen LogP contribution is 2.26.